The van der Waals surface area contributed by atoms with Crippen LogP contribution in [0.1, 0.15) is 38.2 Å². The molecule has 1 heterocycles. The summed E-state index contributed by atoms with van der Waals surface area (Å²) in [7, 11) is 1.54. The van der Waals surface area contributed by atoms with Crippen LogP contribution < -0.4 is 20.1 Å². The monoisotopic (exact) mass is 409 g/mol. The second kappa shape index (κ2) is 8.34. The first kappa shape index (κ1) is 20.2. The van der Waals surface area contributed by atoms with E-state index in [1.165, 1.54) is 32.4 Å². The third kappa shape index (κ3) is 3.74. The van der Waals surface area contributed by atoms with E-state index < -0.39 is 6.61 Å². The van der Waals surface area contributed by atoms with E-state index in [1.807, 2.05) is 6.92 Å². The van der Waals surface area contributed by atoms with Crippen molar-refractivity contribution in [2.75, 3.05) is 20.3 Å². The number of hydrogen-bond acceptors (Lipinski definition) is 4. The molecule has 0 radical (unpaired) electrons. The number of nitrogens with one attached hydrogen (secondary N) is 2. The van der Waals surface area contributed by atoms with Crippen LogP contribution in [0.3, 0.4) is 0 Å². The van der Waals surface area contributed by atoms with Gasteiger partial charge in [0.1, 0.15) is 11.5 Å². The minimum atomic E-state index is -2.88. The lowest BCUT2D eigenvalue weighted by Gasteiger charge is -2.63. The third-order valence-corrected chi connectivity index (χ3v) is 6.56. The summed E-state index contributed by atoms with van der Waals surface area (Å²) >= 11 is 0. The van der Waals surface area contributed by atoms with Crippen LogP contribution in [0, 0.1) is 11.3 Å². The van der Waals surface area contributed by atoms with Gasteiger partial charge in [0.05, 0.1) is 19.8 Å². The van der Waals surface area contributed by atoms with Gasteiger partial charge in [-0.15, -0.1) is 0 Å². The van der Waals surface area contributed by atoms with E-state index in [2.05, 4.69) is 20.4 Å². The Kier molecular flexibility index (Phi) is 5.81. The molecule has 0 aromatic heterocycles. The quantitative estimate of drug-likeness (QED) is 0.534. The van der Waals surface area contributed by atoms with Gasteiger partial charge in [-0.2, -0.15) is 8.78 Å². The van der Waals surface area contributed by atoms with Crippen molar-refractivity contribution in [2.45, 2.75) is 57.9 Å². The zero-order valence-electron chi connectivity index (χ0n) is 16.9. The van der Waals surface area contributed by atoms with Gasteiger partial charge in [-0.1, -0.05) is 6.42 Å². The van der Waals surface area contributed by atoms with Crippen molar-refractivity contribution in [1.82, 2.24) is 10.6 Å². The van der Waals surface area contributed by atoms with Crippen LogP contribution in [0.4, 0.5) is 8.78 Å². The van der Waals surface area contributed by atoms with Crippen molar-refractivity contribution >= 4 is 5.96 Å². The number of nitrogens with zero attached hydrogens (tertiary/aromatic N) is 1. The highest BCUT2D eigenvalue weighted by Gasteiger charge is 2.66. The van der Waals surface area contributed by atoms with Gasteiger partial charge in [-0.25, -0.2) is 4.99 Å². The predicted octanol–water partition coefficient (Wildman–Crippen LogP) is 3.31. The Balaban J connectivity index is 1.50. The molecule has 8 heteroatoms. The molecule has 2 aliphatic carbocycles. The highest BCUT2D eigenvalue weighted by molar-refractivity contribution is 5.80. The molecule has 3 fully saturated rings. The number of alkyl halides is 2. The Bertz CT molecular complexity index is 755. The van der Waals surface area contributed by atoms with Crippen LogP contribution in [0.5, 0.6) is 11.5 Å². The molecule has 29 heavy (non-hydrogen) atoms. The first-order valence-corrected chi connectivity index (χ1v) is 10.4. The van der Waals surface area contributed by atoms with Crippen molar-refractivity contribution < 1.29 is 23.0 Å². The molecule has 0 amide bonds. The molecule has 1 spiro atoms. The number of fused-ring (bicyclic) bond motifs is 2. The fraction of sp³-hybridized carbons (Fsp3) is 0.667. The molecule has 3 atom stereocenters. The van der Waals surface area contributed by atoms with Crippen molar-refractivity contribution in [3.05, 3.63) is 23.8 Å². The maximum absolute atomic E-state index is 12.8. The number of rotatable bonds is 7. The molecule has 3 unspecified atom stereocenters. The lowest BCUT2D eigenvalue weighted by Crippen LogP contribution is -2.72. The largest absolute Gasteiger partial charge is 0.497 e. The van der Waals surface area contributed by atoms with Gasteiger partial charge in [-0.05, 0) is 44.4 Å². The molecule has 2 N–H and O–H groups in total. The standard InChI is InChI=1S/C21H29F2N3O3/c1-3-24-20(26-17-15-7-10-28-18(15)21(17)8-4-9-21)25-12-13-11-14(27-2)5-6-16(13)29-19(22)23/h5-6,11,15,17-19H,3-4,7-10,12H2,1-2H3,(H2,24,25,26). The molecule has 1 aromatic carbocycles. The lowest BCUT2D eigenvalue weighted by molar-refractivity contribution is -0.171. The topological polar surface area (TPSA) is 64.1 Å². The average molecular weight is 409 g/mol. The van der Waals surface area contributed by atoms with Gasteiger partial charge in [0.25, 0.3) is 0 Å². The highest BCUT2D eigenvalue weighted by atomic mass is 19.3. The predicted molar refractivity (Wildman–Crippen MR) is 105 cm³/mol. The van der Waals surface area contributed by atoms with Crippen LogP contribution in [0.15, 0.2) is 23.2 Å². The molecule has 1 aromatic rings. The Labute approximate surface area is 170 Å². The van der Waals surface area contributed by atoms with Gasteiger partial charge in [0.2, 0.25) is 0 Å². The Hall–Kier alpha value is -2.09. The first-order chi connectivity index (χ1) is 14.1. The van der Waals surface area contributed by atoms with Gasteiger partial charge in [0.15, 0.2) is 5.96 Å². The van der Waals surface area contributed by atoms with Crippen LogP contribution in [-0.4, -0.2) is 45.0 Å². The second-order valence-corrected chi connectivity index (χ2v) is 8.00. The van der Waals surface area contributed by atoms with Crippen molar-refractivity contribution in [3.63, 3.8) is 0 Å². The smallest absolute Gasteiger partial charge is 0.387 e. The number of halogens is 2. The summed E-state index contributed by atoms with van der Waals surface area (Å²) in [6, 6.07) is 5.13. The average Bonchev–Trinajstić information content (AvgIpc) is 3.08. The third-order valence-electron chi connectivity index (χ3n) is 6.56. The molecule has 4 rings (SSSR count). The van der Waals surface area contributed by atoms with Crippen LogP contribution in [0.2, 0.25) is 0 Å². The van der Waals surface area contributed by atoms with E-state index in [0.29, 0.717) is 41.9 Å². The summed E-state index contributed by atoms with van der Waals surface area (Å²) in [4.78, 5) is 4.66. The minimum Gasteiger partial charge on any atom is -0.497 e. The van der Waals surface area contributed by atoms with Crippen molar-refractivity contribution in [2.24, 2.45) is 16.3 Å². The number of benzene rings is 1. The fourth-order valence-electron chi connectivity index (χ4n) is 5.10. The van der Waals surface area contributed by atoms with Gasteiger partial charge in [0, 0.05) is 36.1 Å². The van der Waals surface area contributed by atoms with Gasteiger partial charge in [-0.3, -0.25) is 0 Å². The molecule has 3 aliphatic rings. The Morgan fingerprint density at radius 3 is 2.86 bits per heavy atom. The van der Waals surface area contributed by atoms with E-state index in [4.69, 9.17) is 9.47 Å². The molecule has 2 saturated carbocycles. The molecular weight excluding hydrogens is 380 g/mol. The highest BCUT2D eigenvalue weighted by Crippen LogP contribution is 2.62. The van der Waals surface area contributed by atoms with Gasteiger partial charge < -0.3 is 24.8 Å². The molecule has 6 nitrogen and oxygen atoms in total. The summed E-state index contributed by atoms with van der Waals surface area (Å²) in [6.07, 6.45) is 5.07. The maximum Gasteiger partial charge on any atom is 0.387 e. The Morgan fingerprint density at radius 1 is 1.38 bits per heavy atom. The Morgan fingerprint density at radius 2 is 2.21 bits per heavy atom. The van der Waals surface area contributed by atoms with Crippen LogP contribution in [0.25, 0.3) is 0 Å². The van der Waals surface area contributed by atoms with E-state index in [-0.39, 0.29) is 17.7 Å². The number of methoxy groups -OCH3 is 1. The summed E-state index contributed by atoms with van der Waals surface area (Å²) in [6.45, 7) is 0.884. The number of ether oxygens (including phenoxy) is 3. The summed E-state index contributed by atoms with van der Waals surface area (Å²) in [5.74, 6) is 1.91. The van der Waals surface area contributed by atoms with Crippen molar-refractivity contribution in [3.8, 4) is 11.5 Å². The first-order valence-electron chi connectivity index (χ1n) is 10.4. The van der Waals surface area contributed by atoms with Crippen LogP contribution >= 0.6 is 0 Å². The summed E-state index contributed by atoms with van der Waals surface area (Å²) in [5, 5.41) is 6.90. The van der Waals surface area contributed by atoms with E-state index in [1.54, 1.807) is 12.1 Å². The van der Waals surface area contributed by atoms with E-state index in [0.717, 1.165) is 13.0 Å². The lowest BCUT2D eigenvalue weighted by atomic mass is 9.46. The number of aliphatic imine (C=N–C) groups is 1. The number of guanidine groups is 1. The SMILES string of the molecule is CCNC(=NCc1cc(OC)ccc1OC(F)F)NC1C2CCOC2C12CCC2. The summed E-state index contributed by atoms with van der Waals surface area (Å²) in [5.41, 5.74) is 0.785. The summed E-state index contributed by atoms with van der Waals surface area (Å²) < 4.78 is 41.4. The molecular formula is C21H29F2N3O3. The normalized spacial score (nSPS) is 27.2. The van der Waals surface area contributed by atoms with Crippen molar-refractivity contribution in [1.29, 1.82) is 0 Å². The molecule has 160 valence electrons. The molecule has 1 saturated heterocycles. The maximum atomic E-state index is 12.8. The minimum absolute atomic E-state index is 0.115. The molecule has 0 bridgehead atoms. The van der Waals surface area contributed by atoms with Crippen LogP contribution in [-0.2, 0) is 11.3 Å². The number of hydrogen-bond donors (Lipinski definition) is 2. The van der Waals surface area contributed by atoms with E-state index >= 15 is 0 Å². The fourth-order valence-corrected chi connectivity index (χ4v) is 5.10. The zero-order valence-corrected chi connectivity index (χ0v) is 16.9. The molecule has 1 aliphatic heterocycles. The van der Waals surface area contributed by atoms with E-state index in [9.17, 15) is 8.78 Å². The van der Waals surface area contributed by atoms with Gasteiger partial charge >= 0.3 is 6.61 Å². The second-order valence-electron chi connectivity index (χ2n) is 8.00. The zero-order chi connectivity index (χ0) is 20.4.